The largest absolute Gasteiger partial charge is 0.456 e. The number of hydrogen-bond acceptors (Lipinski definition) is 5. The number of anilines is 1. The molecule has 0 saturated carbocycles. The number of nitriles is 1. The summed E-state index contributed by atoms with van der Waals surface area (Å²) in [6.45, 7) is 1.75. The first kappa shape index (κ1) is 21.1. The molecule has 0 radical (unpaired) electrons. The number of rotatable bonds is 5. The Labute approximate surface area is 181 Å². The lowest BCUT2D eigenvalue weighted by Gasteiger charge is -2.07. The number of nitro groups is 1. The van der Waals surface area contributed by atoms with Crippen molar-refractivity contribution in [3.8, 4) is 17.4 Å². The lowest BCUT2D eigenvalue weighted by atomic mass is 10.1. The van der Waals surface area contributed by atoms with Gasteiger partial charge in [0, 0.05) is 12.1 Å². The fourth-order valence-electron chi connectivity index (χ4n) is 2.66. The average molecular weight is 442 g/mol. The van der Waals surface area contributed by atoms with Crippen LogP contribution in [0.2, 0.25) is 10.0 Å². The number of amides is 1. The third-order valence-corrected chi connectivity index (χ3v) is 4.91. The Bertz CT molecular complexity index is 1230. The van der Waals surface area contributed by atoms with Gasteiger partial charge in [-0.25, -0.2) is 0 Å². The maximum Gasteiger partial charge on any atom is 0.280 e. The molecule has 1 amide bonds. The summed E-state index contributed by atoms with van der Waals surface area (Å²) in [6, 6.07) is 14.3. The molecule has 0 aliphatic rings. The molecule has 0 unspecified atom stereocenters. The van der Waals surface area contributed by atoms with Crippen molar-refractivity contribution in [3.05, 3.63) is 85.6 Å². The molecule has 9 heteroatoms. The van der Waals surface area contributed by atoms with E-state index in [0.717, 1.165) is 5.56 Å². The number of carbonyl (C=O) groups is 1. The van der Waals surface area contributed by atoms with Crippen LogP contribution in [0.3, 0.4) is 0 Å². The van der Waals surface area contributed by atoms with Crippen molar-refractivity contribution < 1.29 is 14.1 Å². The summed E-state index contributed by atoms with van der Waals surface area (Å²) in [6.07, 6.45) is 1.23. The Kier molecular flexibility index (Phi) is 6.21. The topological polar surface area (TPSA) is 109 Å². The molecule has 3 aromatic rings. The second-order valence-corrected chi connectivity index (χ2v) is 6.99. The van der Waals surface area contributed by atoms with E-state index in [0.29, 0.717) is 5.56 Å². The van der Waals surface area contributed by atoms with E-state index < -0.39 is 10.8 Å². The number of hydrogen-bond donors (Lipinski definition) is 1. The third-order valence-electron chi connectivity index (χ3n) is 4.09. The van der Waals surface area contributed by atoms with Crippen LogP contribution in [0.1, 0.15) is 11.3 Å². The van der Waals surface area contributed by atoms with E-state index in [-0.39, 0.29) is 38.5 Å². The summed E-state index contributed by atoms with van der Waals surface area (Å²) in [7, 11) is 0. The minimum Gasteiger partial charge on any atom is -0.456 e. The van der Waals surface area contributed by atoms with Crippen LogP contribution in [0.4, 0.5) is 11.4 Å². The maximum absolute atomic E-state index is 12.4. The maximum atomic E-state index is 12.4. The van der Waals surface area contributed by atoms with E-state index in [4.69, 9.17) is 27.6 Å². The van der Waals surface area contributed by atoms with Crippen molar-refractivity contribution in [2.45, 2.75) is 6.92 Å². The lowest BCUT2D eigenvalue weighted by Crippen LogP contribution is -2.13. The molecule has 0 saturated heterocycles. The van der Waals surface area contributed by atoms with Gasteiger partial charge < -0.3 is 9.73 Å². The third kappa shape index (κ3) is 4.51. The molecular weight excluding hydrogens is 429 g/mol. The molecule has 0 aliphatic carbocycles. The molecule has 150 valence electrons. The minimum absolute atomic E-state index is 0.103. The highest BCUT2D eigenvalue weighted by Gasteiger charge is 2.19. The molecule has 0 spiro atoms. The van der Waals surface area contributed by atoms with Gasteiger partial charge in [-0.3, -0.25) is 14.9 Å². The molecule has 3 rings (SSSR count). The SMILES string of the molecule is Cc1ccc(-c2ccc(/C=C(\C#N)C(=O)Nc3cccc(Cl)c3Cl)o2)c([N+](=O)[O-])c1. The highest BCUT2D eigenvalue weighted by atomic mass is 35.5. The number of nitro benzene ring substituents is 1. The number of benzene rings is 2. The van der Waals surface area contributed by atoms with Crippen LogP contribution in [0.15, 0.2) is 58.5 Å². The quantitative estimate of drug-likeness (QED) is 0.225. The van der Waals surface area contributed by atoms with Gasteiger partial charge in [0.1, 0.15) is 23.2 Å². The predicted molar refractivity (Wildman–Crippen MR) is 114 cm³/mol. The van der Waals surface area contributed by atoms with Gasteiger partial charge in [-0.2, -0.15) is 5.26 Å². The van der Waals surface area contributed by atoms with Gasteiger partial charge in [-0.15, -0.1) is 0 Å². The van der Waals surface area contributed by atoms with Crippen LogP contribution in [-0.2, 0) is 4.79 Å². The summed E-state index contributed by atoms with van der Waals surface area (Å²) in [4.78, 5) is 23.3. The van der Waals surface area contributed by atoms with Crippen LogP contribution in [0, 0.1) is 28.4 Å². The van der Waals surface area contributed by atoms with Crippen LogP contribution in [0.25, 0.3) is 17.4 Å². The van der Waals surface area contributed by atoms with Crippen molar-refractivity contribution in [3.63, 3.8) is 0 Å². The molecule has 0 atom stereocenters. The Morgan fingerprint density at radius 1 is 1.23 bits per heavy atom. The highest BCUT2D eigenvalue weighted by molar-refractivity contribution is 6.44. The van der Waals surface area contributed by atoms with Gasteiger partial charge in [0.15, 0.2) is 0 Å². The second kappa shape index (κ2) is 8.82. The van der Waals surface area contributed by atoms with Crippen LogP contribution < -0.4 is 5.32 Å². The predicted octanol–water partition coefficient (Wildman–Crippen LogP) is 6.02. The number of furan rings is 1. The molecule has 1 aromatic heterocycles. The zero-order valence-corrected chi connectivity index (χ0v) is 17.0. The van der Waals surface area contributed by atoms with Crippen molar-refractivity contribution in [1.82, 2.24) is 0 Å². The van der Waals surface area contributed by atoms with E-state index in [9.17, 15) is 20.2 Å². The Morgan fingerprint density at radius 3 is 2.70 bits per heavy atom. The van der Waals surface area contributed by atoms with Crippen molar-refractivity contribution in [2.75, 3.05) is 5.32 Å². The van der Waals surface area contributed by atoms with E-state index in [1.165, 1.54) is 24.3 Å². The molecule has 7 nitrogen and oxygen atoms in total. The zero-order valence-electron chi connectivity index (χ0n) is 15.5. The molecule has 1 N–H and O–H groups in total. The number of nitrogens with zero attached hydrogens (tertiary/aromatic N) is 2. The fourth-order valence-corrected chi connectivity index (χ4v) is 3.00. The standard InChI is InChI=1S/C21H13Cl2N3O4/c1-12-5-7-15(18(9-12)26(28)29)19-8-6-14(30-19)10-13(11-24)21(27)25-17-4-2-3-16(22)20(17)23/h2-10H,1H3,(H,25,27)/b13-10+. The van der Waals surface area contributed by atoms with Gasteiger partial charge in [0.2, 0.25) is 0 Å². The molecule has 0 aliphatic heterocycles. The van der Waals surface area contributed by atoms with Gasteiger partial charge >= 0.3 is 0 Å². The van der Waals surface area contributed by atoms with Crippen LogP contribution in [-0.4, -0.2) is 10.8 Å². The lowest BCUT2D eigenvalue weighted by molar-refractivity contribution is -0.384. The number of carbonyl (C=O) groups excluding carboxylic acids is 1. The summed E-state index contributed by atoms with van der Waals surface area (Å²) in [5.74, 6) is -0.284. The number of halogens is 2. The fraction of sp³-hybridized carbons (Fsp3) is 0.0476. The summed E-state index contributed by atoms with van der Waals surface area (Å²) < 4.78 is 5.62. The first-order valence-electron chi connectivity index (χ1n) is 8.52. The normalized spacial score (nSPS) is 11.1. The molecule has 30 heavy (non-hydrogen) atoms. The smallest absolute Gasteiger partial charge is 0.280 e. The first-order chi connectivity index (χ1) is 14.3. The van der Waals surface area contributed by atoms with Gasteiger partial charge in [-0.1, -0.05) is 35.3 Å². The minimum atomic E-state index is -0.707. The first-order valence-corrected chi connectivity index (χ1v) is 9.28. The molecule has 2 aromatic carbocycles. The summed E-state index contributed by atoms with van der Waals surface area (Å²) in [5, 5.41) is 23.6. The Balaban J connectivity index is 1.89. The summed E-state index contributed by atoms with van der Waals surface area (Å²) in [5.41, 5.74) is 0.934. The number of nitrogens with one attached hydrogen (secondary N) is 1. The van der Waals surface area contributed by atoms with Crippen LogP contribution in [0.5, 0.6) is 0 Å². The van der Waals surface area contributed by atoms with E-state index in [1.807, 2.05) is 0 Å². The van der Waals surface area contributed by atoms with Gasteiger partial charge in [0.05, 0.1) is 26.2 Å². The van der Waals surface area contributed by atoms with Crippen molar-refractivity contribution >= 4 is 46.6 Å². The van der Waals surface area contributed by atoms with E-state index in [2.05, 4.69) is 5.32 Å². The van der Waals surface area contributed by atoms with E-state index >= 15 is 0 Å². The summed E-state index contributed by atoms with van der Waals surface area (Å²) >= 11 is 12.0. The molecular formula is C21H13Cl2N3O4. The van der Waals surface area contributed by atoms with Crippen molar-refractivity contribution in [1.29, 1.82) is 5.26 Å². The zero-order chi connectivity index (χ0) is 21.8. The molecule has 1 heterocycles. The van der Waals surface area contributed by atoms with E-state index in [1.54, 1.807) is 43.3 Å². The Hall–Kier alpha value is -3.60. The molecule has 0 bridgehead atoms. The average Bonchev–Trinajstić information content (AvgIpc) is 3.17. The van der Waals surface area contributed by atoms with Crippen molar-refractivity contribution in [2.24, 2.45) is 0 Å². The second-order valence-electron chi connectivity index (χ2n) is 6.21. The number of aryl methyl sites for hydroxylation is 1. The monoisotopic (exact) mass is 441 g/mol. The van der Waals surface area contributed by atoms with Crippen LogP contribution >= 0.6 is 23.2 Å². The molecule has 0 fully saturated rings. The van der Waals surface area contributed by atoms with Gasteiger partial charge in [0.25, 0.3) is 11.6 Å². The van der Waals surface area contributed by atoms with Gasteiger partial charge in [-0.05, 0) is 42.8 Å². The highest BCUT2D eigenvalue weighted by Crippen LogP contribution is 2.33. The Morgan fingerprint density at radius 2 is 2.00 bits per heavy atom.